The van der Waals surface area contributed by atoms with Crippen LogP contribution >= 0.6 is 11.6 Å². The van der Waals surface area contributed by atoms with Crippen molar-refractivity contribution < 1.29 is 14.3 Å². The topological polar surface area (TPSA) is 70.7 Å². The number of halogens is 1. The Kier molecular flexibility index (Phi) is 7.87. The molecule has 0 heterocycles. The van der Waals surface area contributed by atoms with Gasteiger partial charge in [-0.2, -0.15) is 0 Å². The first-order valence-corrected chi connectivity index (χ1v) is 7.34. The summed E-state index contributed by atoms with van der Waals surface area (Å²) < 4.78 is 4.81. The molecule has 1 rings (SSSR count). The molecule has 1 aromatic carbocycles. The number of hydrogen-bond acceptors (Lipinski definition) is 4. The maximum Gasteiger partial charge on any atom is 0.321 e. The molecule has 3 amide bonds. The molecule has 1 unspecified atom stereocenters. The molecule has 0 saturated carbocycles. The van der Waals surface area contributed by atoms with Crippen molar-refractivity contribution in [2.75, 3.05) is 33.9 Å². The van der Waals surface area contributed by atoms with Crippen LogP contribution in [-0.2, 0) is 9.53 Å². The fraction of sp³-hybridized carbons (Fsp3) is 0.467. The summed E-state index contributed by atoms with van der Waals surface area (Å²) in [5.74, 6) is -0.363. The lowest BCUT2D eigenvalue weighted by Gasteiger charge is -2.24. The van der Waals surface area contributed by atoms with Gasteiger partial charge in [0.2, 0.25) is 5.91 Å². The van der Waals surface area contributed by atoms with E-state index in [1.807, 2.05) is 43.1 Å². The number of ether oxygens (including phenoxy) is 1. The quantitative estimate of drug-likeness (QED) is 0.749. The highest BCUT2D eigenvalue weighted by atomic mass is 35.5. The van der Waals surface area contributed by atoms with Gasteiger partial charge in [-0.25, -0.2) is 4.79 Å². The Morgan fingerprint density at radius 3 is 2.55 bits per heavy atom. The molecule has 22 heavy (non-hydrogen) atoms. The Morgan fingerprint density at radius 1 is 1.32 bits per heavy atom. The number of carbonyl (C=O) groups excluding carboxylic acids is 2. The van der Waals surface area contributed by atoms with Crippen molar-refractivity contribution in [1.82, 2.24) is 15.5 Å². The highest BCUT2D eigenvalue weighted by Gasteiger charge is 2.16. The highest BCUT2D eigenvalue weighted by molar-refractivity contribution is 6.30. The summed E-state index contributed by atoms with van der Waals surface area (Å²) in [6, 6.07) is 6.96. The molecular formula is C15H22ClN3O3. The van der Waals surface area contributed by atoms with E-state index in [9.17, 15) is 9.59 Å². The lowest BCUT2D eigenvalue weighted by molar-refractivity contribution is -0.121. The van der Waals surface area contributed by atoms with Gasteiger partial charge < -0.3 is 10.1 Å². The number of nitrogens with one attached hydrogen (secondary N) is 2. The summed E-state index contributed by atoms with van der Waals surface area (Å²) in [4.78, 5) is 25.1. The van der Waals surface area contributed by atoms with Crippen LogP contribution < -0.4 is 10.6 Å². The molecule has 7 heteroatoms. The molecule has 0 aliphatic carbocycles. The Labute approximate surface area is 135 Å². The first kappa shape index (κ1) is 18.4. The molecular weight excluding hydrogens is 306 g/mol. The zero-order valence-corrected chi connectivity index (χ0v) is 13.8. The third kappa shape index (κ3) is 6.43. The Bertz CT molecular complexity index is 493. The number of amides is 3. The summed E-state index contributed by atoms with van der Waals surface area (Å²) in [6.45, 7) is 2.85. The van der Waals surface area contributed by atoms with Crippen molar-refractivity contribution >= 4 is 23.5 Å². The van der Waals surface area contributed by atoms with Crippen LogP contribution in [0.2, 0.25) is 5.02 Å². The predicted molar refractivity (Wildman–Crippen MR) is 85.9 cm³/mol. The zero-order chi connectivity index (χ0) is 16.5. The number of benzene rings is 1. The Hall–Kier alpha value is -1.63. The van der Waals surface area contributed by atoms with Gasteiger partial charge in [-0.05, 0) is 31.7 Å². The minimum Gasteiger partial charge on any atom is -0.383 e. The zero-order valence-electron chi connectivity index (χ0n) is 13.1. The second kappa shape index (κ2) is 9.40. The summed E-state index contributed by atoms with van der Waals surface area (Å²) in [5, 5.41) is 5.47. The number of methoxy groups -OCH3 is 1. The molecule has 2 N–H and O–H groups in total. The lowest BCUT2D eigenvalue weighted by atomic mass is 10.1. The van der Waals surface area contributed by atoms with Crippen LogP contribution in [0.15, 0.2) is 24.3 Å². The van der Waals surface area contributed by atoms with E-state index in [0.29, 0.717) is 18.2 Å². The predicted octanol–water partition coefficient (Wildman–Crippen LogP) is 1.80. The molecule has 0 spiro atoms. The van der Waals surface area contributed by atoms with E-state index >= 15 is 0 Å². The third-order valence-corrected chi connectivity index (χ3v) is 3.50. The monoisotopic (exact) mass is 327 g/mol. The average molecular weight is 328 g/mol. The number of imide groups is 1. The van der Waals surface area contributed by atoms with Crippen LogP contribution in [-0.4, -0.2) is 50.7 Å². The standard InChI is InChI=1S/C15H22ClN3O3/c1-11(12-4-6-13(16)7-5-12)19(2)10-14(20)18-15(21)17-8-9-22-3/h4-7,11H,8-10H2,1-3H3,(H2,17,18,20,21). The Balaban J connectivity index is 2.42. The fourth-order valence-corrected chi connectivity index (χ4v) is 1.96. The molecule has 6 nitrogen and oxygen atoms in total. The van der Waals surface area contributed by atoms with Crippen LogP contribution in [0.25, 0.3) is 0 Å². The molecule has 0 bridgehead atoms. The number of urea groups is 1. The van der Waals surface area contributed by atoms with E-state index in [0.717, 1.165) is 5.56 Å². The van der Waals surface area contributed by atoms with Gasteiger partial charge in [-0.1, -0.05) is 23.7 Å². The van der Waals surface area contributed by atoms with Gasteiger partial charge in [0.15, 0.2) is 0 Å². The number of rotatable bonds is 7. The van der Waals surface area contributed by atoms with Gasteiger partial charge >= 0.3 is 6.03 Å². The maximum absolute atomic E-state index is 11.8. The van der Waals surface area contributed by atoms with E-state index in [4.69, 9.17) is 16.3 Å². The molecule has 0 fully saturated rings. The van der Waals surface area contributed by atoms with Gasteiger partial charge in [-0.3, -0.25) is 15.0 Å². The normalized spacial score (nSPS) is 12.0. The number of likely N-dealkylation sites (N-methyl/N-ethyl adjacent to an activating group) is 1. The van der Waals surface area contributed by atoms with E-state index in [2.05, 4.69) is 10.6 Å². The van der Waals surface area contributed by atoms with E-state index in [1.165, 1.54) is 7.11 Å². The second-order valence-electron chi connectivity index (χ2n) is 4.94. The van der Waals surface area contributed by atoms with E-state index < -0.39 is 6.03 Å². The molecule has 0 saturated heterocycles. The largest absolute Gasteiger partial charge is 0.383 e. The van der Waals surface area contributed by atoms with Crippen LogP contribution in [0, 0.1) is 0 Å². The first-order chi connectivity index (χ1) is 10.4. The molecule has 122 valence electrons. The molecule has 1 atom stereocenters. The van der Waals surface area contributed by atoms with Gasteiger partial charge in [0.05, 0.1) is 13.2 Å². The van der Waals surface area contributed by atoms with Gasteiger partial charge in [0, 0.05) is 24.7 Å². The fourth-order valence-electron chi connectivity index (χ4n) is 1.84. The van der Waals surface area contributed by atoms with Crippen molar-refractivity contribution in [3.05, 3.63) is 34.9 Å². The van der Waals surface area contributed by atoms with Gasteiger partial charge in [0.25, 0.3) is 0 Å². The average Bonchev–Trinajstić information content (AvgIpc) is 2.47. The minimum absolute atomic E-state index is 0.0274. The molecule has 0 aliphatic rings. The van der Waals surface area contributed by atoms with Crippen molar-refractivity contribution in [2.24, 2.45) is 0 Å². The Morgan fingerprint density at radius 2 is 1.95 bits per heavy atom. The second-order valence-corrected chi connectivity index (χ2v) is 5.38. The van der Waals surface area contributed by atoms with Crippen molar-refractivity contribution in [3.63, 3.8) is 0 Å². The summed E-state index contributed by atoms with van der Waals surface area (Å²) in [6.07, 6.45) is 0. The smallest absolute Gasteiger partial charge is 0.321 e. The third-order valence-electron chi connectivity index (χ3n) is 3.25. The van der Waals surface area contributed by atoms with Crippen LogP contribution in [0.5, 0.6) is 0 Å². The molecule has 0 aliphatic heterocycles. The number of nitrogens with zero attached hydrogens (tertiary/aromatic N) is 1. The SMILES string of the molecule is COCCNC(=O)NC(=O)CN(C)C(C)c1ccc(Cl)cc1. The van der Waals surface area contributed by atoms with Crippen LogP contribution in [0.4, 0.5) is 4.79 Å². The maximum atomic E-state index is 11.8. The minimum atomic E-state index is -0.519. The summed E-state index contributed by atoms with van der Waals surface area (Å²) >= 11 is 5.86. The molecule has 1 aromatic rings. The van der Waals surface area contributed by atoms with Crippen LogP contribution in [0.3, 0.4) is 0 Å². The number of hydrogen-bond donors (Lipinski definition) is 2. The number of carbonyl (C=O) groups is 2. The van der Waals surface area contributed by atoms with E-state index in [-0.39, 0.29) is 18.5 Å². The summed E-state index contributed by atoms with van der Waals surface area (Å²) in [5.41, 5.74) is 1.05. The van der Waals surface area contributed by atoms with E-state index in [1.54, 1.807) is 0 Å². The lowest BCUT2D eigenvalue weighted by Crippen LogP contribution is -2.44. The van der Waals surface area contributed by atoms with Crippen molar-refractivity contribution in [1.29, 1.82) is 0 Å². The summed E-state index contributed by atoms with van der Waals surface area (Å²) in [7, 11) is 3.36. The molecule has 0 aromatic heterocycles. The van der Waals surface area contributed by atoms with Gasteiger partial charge in [0.1, 0.15) is 0 Å². The first-order valence-electron chi connectivity index (χ1n) is 6.96. The van der Waals surface area contributed by atoms with Crippen molar-refractivity contribution in [2.45, 2.75) is 13.0 Å². The van der Waals surface area contributed by atoms with Crippen molar-refractivity contribution in [3.8, 4) is 0 Å². The van der Waals surface area contributed by atoms with Crippen LogP contribution in [0.1, 0.15) is 18.5 Å². The van der Waals surface area contributed by atoms with Gasteiger partial charge in [-0.15, -0.1) is 0 Å². The molecule has 0 radical (unpaired) electrons. The highest BCUT2D eigenvalue weighted by Crippen LogP contribution is 2.20.